The van der Waals surface area contributed by atoms with E-state index >= 15 is 0 Å². The Hall–Kier alpha value is -2.59. The first-order valence-electron chi connectivity index (χ1n) is 10.6. The number of benzene rings is 1. The number of sulfonamides is 1. The van der Waals surface area contributed by atoms with Crippen LogP contribution in [0.2, 0.25) is 0 Å². The summed E-state index contributed by atoms with van der Waals surface area (Å²) in [6.45, 7) is 0.0397. The van der Waals surface area contributed by atoms with Gasteiger partial charge in [-0.05, 0) is 30.7 Å². The van der Waals surface area contributed by atoms with Crippen molar-refractivity contribution >= 4 is 38.0 Å². The predicted molar refractivity (Wildman–Crippen MR) is 122 cm³/mol. The maximum absolute atomic E-state index is 13.6. The second-order valence-corrected chi connectivity index (χ2v) is 11.1. The lowest BCUT2D eigenvalue weighted by molar-refractivity contribution is -0.0725. The van der Waals surface area contributed by atoms with Crippen LogP contribution in [-0.4, -0.2) is 66.3 Å². The van der Waals surface area contributed by atoms with Crippen LogP contribution in [-0.2, 0) is 21.8 Å². The zero-order valence-electron chi connectivity index (χ0n) is 18.4. The van der Waals surface area contributed by atoms with Crippen LogP contribution in [0.15, 0.2) is 27.9 Å². The molecule has 10 nitrogen and oxygen atoms in total. The molecule has 0 aliphatic carbocycles. The van der Waals surface area contributed by atoms with Crippen LogP contribution in [0.5, 0.6) is 0 Å². The summed E-state index contributed by atoms with van der Waals surface area (Å²) in [5.74, 6) is 0. The molecule has 0 unspecified atom stereocenters. The summed E-state index contributed by atoms with van der Waals surface area (Å²) in [6.07, 6.45) is -0.404. The summed E-state index contributed by atoms with van der Waals surface area (Å²) < 4.78 is 76.4. The summed E-state index contributed by atoms with van der Waals surface area (Å²) in [7, 11) is -2.73. The van der Waals surface area contributed by atoms with Crippen LogP contribution in [0, 0.1) is 0 Å². The Kier molecular flexibility index (Phi) is 6.07. The van der Waals surface area contributed by atoms with Gasteiger partial charge in [-0.2, -0.15) is 4.72 Å². The molecule has 2 N–H and O–H groups in total. The number of imidazole rings is 1. The molecule has 15 heteroatoms. The molecule has 2 aliphatic rings. The van der Waals surface area contributed by atoms with Crippen molar-refractivity contribution in [3.8, 4) is 5.13 Å². The number of fused-ring (bicyclic) bond motifs is 1. The third kappa shape index (κ3) is 4.10. The molecule has 35 heavy (non-hydrogen) atoms. The van der Waals surface area contributed by atoms with Crippen molar-refractivity contribution in [3.05, 3.63) is 39.3 Å². The average Bonchev–Trinajstić information content (AvgIpc) is 3.40. The van der Waals surface area contributed by atoms with Crippen molar-refractivity contribution in [2.45, 2.75) is 23.3 Å². The second-order valence-electron chi connectivity index (χ2n) is 8.43. The Morgan fingerprint density at radius 1 is 1.31 bits per heavy atom. The maximum Gasteiger partial charge on any atom is 0.335 e. The van der Waals surface area contributed by atoms with E-state index in [4.69, 9.17) is 4.74 Å². The van der Waals surface area contributed by atoms with E-state index < -0.39 is 39.4 Å². The van der Waals surface area contributed by atoms with Crippen molar-refractivity contribution in [2.75, 3.05) is 33.0 Å². The summed E-state index contributed by atoms with van der Waals surface area (Å²) in [5.41, 5.74) is -0.0577. The van der Waals surface area contributed by atoms with Gasteiger partial charge in [0.2, 0.25) is 15.2 Å². The molecule has 3 aromatic rings. The fraction of sp³-hybridized carbons (Fsp3) is 0.450. The van der Waals surface area contributed by atoms with E-state index in [1.165, 1.54) is 23.7 Å². The molecule has 1 saturated heterocycles. The Bertz CT molecular complexity index is 1480. The SMILES string of the molecule is Cn1c(=O)n(-c2nnc(C(F)F)s2)c2cc(S(=O)(=O)NC3(CF)COC3)cc(C3=CCNCC3)c21. The number of aromatic nitrogens is 4. The van der Waals surface area contributed by atoms with E-state index in [1.807, 2.05) is 6.08 Å². The van der Waals surface area contributed by atoms with Gasteiger partial charge in [-0.25, -0.2) is 31.0 Å². The molecule has 188 valence electrons. The van der Waals surface area contributed by atoms with E-state index in [9.17, 15) is 26.4 Å². The molecular formula is C20H21F3N6O4S2. The molecule has 5 rings (SSSR count). The van der Waals surface area contributed by atoms with Crippen molar-refractivity contribution in [2.24, 2.45) is 7.05 Å². The topological polar surface area (TPSA) is 120 Å². The molecule has 0 bridgehead atoms. The van der Waals surface area contributed by atoms with E-state index in [0.29, 0.717) is 41.9 Å². The van der Waals surface area contributed by atoms with E-state index in [2.05, 4.69) is 20.2 Å². The highest BCUT2D eigenvalue weighted by atomic mass is 32.2. The first-order valence-corrected chi connectivity index (χ1v) is 12.9. The van der Waals surface area contributed by atoms with Gasteiger partial charge >= 0.3 is 5.69 Å². The third-order valence-corrected chi connectivity index (χ3v) is 8.48. The molecule has 0 radical (unpaired) electrons. The number of aryl methyl sites for hydroxylation is 1. The first kappa shape index (κ1) is 24.1. The Morgan fingerprint density at radius 3 is 2.66 bits per heavy atom. The van der Waals surface area contributed by atoms with E-state index in [0.717, 1.165) is 10.1 Å². The highest BCUT2D eigenvalue weighted by molar-refractivity contribution is 7.89. The smallest absolute Gasteiger partial charge is 0.335 e. The highest BCUT2D eigenvalue weighted by Gasteiger charge is 2.43. The Labute approximate surface area is 201 Å². The molecular weight excluding hydrogens is 509 g/mol. The number of nitrogens with zero attached hydrogens (tertiary/aromatic N) is 4. The maximum atomic E-state index is 13.6. The van der Waals surface area contributed by atoms with Crippen LogP contribution in [0.4, 0.5) is 13.2 Å². The van der Waals surface area contributed by atoms with Crippen LogP contribution in [0.25, 0.3) is 21.7 Å². The summed E-state index contributed by atoms with van der Waals surface area (Å²) >= 11 is 0.539. The van der Waals surface area contributed by atoms with Gasteiger partial charge in [0.15, 0.2) is 5.01 Å². The summed E-state index contributed by atoms with van der Waals surface area (Å²) in [6, 6.07) is 2.71. The highest BCUT2D eigenvalue weighted by Crippen LogP contribution is 2.34. The molecule has 0 spiro atoms. The minimum Gasteiger partial charge on any atom is -0.377 e. The van der Waals surface area contributed by atoms with Gasteiger partial charge in [0.25, 0.3) is 6.43 Å². The Morgan fingerprint density at radius 2 is 2.09 bits per heavy atom. The van der Waals surface area contributed by atoms with Crippen LogP contribution >= 0.6 is 11.3 Å². The number of rotatable bonds is 7. The normalized spacial score (nSPS) is 18.1. The molecule has 2 aliphatic heterocycles. The lowest BCUT2D eigenvalue weighted by atomic mass is 9.99. The third-order valence-electron chi connectivity index (χ3n) is 6.01. The second kappa shape index (κ2) is 8.81. The average molecular weight is 531 g/mol. The van der Waals surface area contributed by atoms with Gasteiger partial charge < -0.3 is 10.1 Å². The minimum absolute atomic E-state index is 0.105. The van der Waals surface area contributed by atoms with E-state index in [1.54, 1.807) is 0 Å². The van der Waals surface area contributed by atoms with Gasteiger partial charge in [0.1, 0.15) is 12.2 Å². The molecule has 1 aromatic carbocycles. The minimum atomic E-state index is -4.24. The number of ether oxygens (including phenoxy) is 1. The van der Waals surface area contributed by atoms with Gasteiger partial charge in [0.05, 0.1) is 29.1 Å². The zero-order valence-corrected chi connectivity index (χ0v) is 20.1. The monoisotopic (exact) mass is 530 g/mol. The summed E-state index contributed by atoms with van der Waals surface area (Å²) in [4.78, 5) is 13.0. The number of hydrogen-bond donors (Lipinski definition) is 2. The van der Waals surface area contributed by atoms with Crippen molar-refractivity contribution in [1.82, 2.24) is 29.4 Å². The zero-order chi connectivity index (χ0) is 25.0. The standard InChI is InChI=1S/C20H21F3N6O4S2/c1-28-15-13(11-2-4-24-5-3-11)6-12(35(31,32)27-20(8-21)9-33-10-20)7-14(15)29(19(28)30)18-26-25-17(34-18)16(22)23/h2,6-7,16,24,27H,3-5,8-10H2,1H3. The van der Waals surface area contributed by atoms with Gasteiger partial charge in [-0.1, -0.05) is 17.4 Å². The van der Waals surface area contributed by atoms with E-state index in [-0.39, 0.29) is 28.8 Å². The number of halogens is 3. The quantitative estimate of drug-likeness (QED) is 0.475. The predicted octanol–water partition coefficient (Wildman–Crippen LogP) is 1.51. The van der Waals surface area contributed by atoms with Gasteiger partial charge in [-0.3, -0.25) is 4.57 Å². The molecule has 1 fully saturated rings. The lowest BCUT2D eigenvalue weighted by Crippen LogP contribution is -2.63. The van der Waals surface area contributed by atoms with Crippen LogP contribution in [0.1, 0.15) is 23.4 Å². The first-order chi connectivity index (χ1) is 16.7. The van der Waals surface area contributed by atoms with Crippen LogP contribution < -0.4 is 15.7 Å². The summed E-state index contributed by atoms with van der Waals surface area (Å²) in [5, 5.41) is 9.70. The van der Waals surface area contributed by atoms with Crippen molar-refractivity contribution in [1.29, 1.82) is 0 Å². The molecule has 4 heterocycles. The van der Waals surface area contributed by atoms with Crippen LogP contribution in [0.3, 0.4) is 0 Å². The van der Waals surface area contributed by atoms with Gasteiger partial charge in [0, 0.05) is 19.2 Å². The molecule has 0 amide bonds. The number of nitrogens with one attached hydrogen (secondary N) is 2. The van der Waals surface area contributed by atoms with Gasteiger partial charge in [-0.15, -0.1) is 10.2 Å². The van der Waals surface area contributed by atoms with Crippen molar-refractivity contribution in [3.63, 3.8) is 0 Å². The fourth-order valence-corrected chi connectivity index (χ4v) is 6.28. The molecule has 2 aromatic heterocycles. The fourth-order valence-electron chi connectivity index (χ4n) is 4.18. The number of alkyl halides is 3. The Balaban J connectivity index is 1.76. The lowest BCUT2D eigenvalue weighted by Gasteiger charge is -2.39. The van der Waals surface area contributed by atoms with Crippen molar-refractivity contribution < 1.29 is 26.3 Å². The number of hydrogen-bond acceptors (Lipinski definition) is 8. The molecule has 0 atom stereocenters. The molecule has 0 saturated carbocycles. The largest absolute Gasteiger partial charge is 0.377 e.